The van der Waals surface area contributed by atoms with E-state index in [-0.39, 0.29) is 104 Å². The summed E-state index contributed by atoms with van der Waals surface area (Å²) >= 11 is 0. The van der Waals surface area contributed by atoms with E-state index in [9.17, 15) is 57.8 Å². The van der Waals surface area contributed by atoms with Crippen LogP contribution in [-0.2, 0) is 70.3 Å². The van der Waals surface area contributed by atoms with Crippen molar-refractivity contribution in [1.82, 2.24) is 46.2 Å². The Kier molecular flexibility index (Phi) is 33.2. The molecule has 1 unspecified atom stereocenters. The number of benzene rings is 2. The highest BCUT2D eigenvalue weighted by molar-refractivity contribution is 6.03. The molecule has 2 aliphatic rings. The third-order valence-electron chi connectivity index (χ3n) is 18.7. The molecule has 4 rings (SSSR count). The van der Waals surface area contributed by atoms with Crippen LogP contribution in [0.2, 0.25) is 0 Å². The smallest absolute Gasteiger partial charge is 0.326 e. The number of carboxylic acid groups (broad SMARTS) is 1. The lowest BCUT2D eigenvalue weighted by Crippen LogP contribution is -2.60. The summed E-state index contributed by atoms with van der Waals surface area (Å²) in [4.78, 5) is 154. The number of unbranched alkanes of at least 4 members (excludes halogenated alkanes) is 2. The summed E-state index contributed by atoms with van der Waals surface area (Å²) in [6.07, 6.45) is 3.86. The van der Waals surface area contributed by atoms with Crippen molar-refractivity contribution >= 4 is 70.9 Å². The van der Waals surface area contributed by atoms with Gasteiger partial charge in [0.05, 0.1) is 42.7 Å². The number of urea groups is 1. The number of carbonyl (C=O) groups is 11. The Hall–Kier alpha value is -7.51. The van der Waals surface area contributed by atoms with Gasteiger partial charge in [0.2, 0.25) is 53.2 Å². The number of imide groups is 1. The molecule has 0 radical (unpaired) electrons. The lowest BCUT2D eigenvalue weighted by Gasteiger charge is -2.41. The summed E-state index contributed by atoms with van der Waals surface area (Å²) in [6, 6.07) is 9.58. The van der Waals surface area contributed by atoms with E-state index < -0.39 is 90.1 Å². The fraction of sp³-hybridized carbons (Fsp3) is 0.671. The number of amides is 11. The van der Waals surface area contributed by atoms with E-state index in [1.165, 1.54) is 19.1 Å². The van der Waals surface area contributed by atoms with E-state index in [0.29, 0.717) is 83.1 Å². The van der Waals surface area contributed by atoms with Crippen molar-refractivity contribution in [3.8, 4) is 0 Å². The molecule has 11 amide bonds. The van der Waals surface area contributed by atoms with Gasteiger partial charge in [0, 0.05) is 78.3 Å². The van der Waals surface area contributed by atoms with Gasteiger partial charge in [-0.3, -0.25) is 53.0 Å². The Balaban J connectivity index is 1.38. The average Bonchev–Trinajstić information content (AvgIpc) is 1.82. The predicted octanol–water partition coefficient (Wildman–Crippen LogP) is 5.42. The highest BCUT2D eigenvalue weighted by Gasteiger charge is 2.44. The van der Waals surface area contributed by atoms with Gasteiger partial charge in [-0.2, -0.15) is 0 Å². The van der Waals surface area contributed by atoms with Gasteiger partial charge >= 0.3 is 12.0 Å². The van der Waals surface area contributed by atoms with E-state index in [4.69, 9.17) is 15.2 Å². The Labute approximate surface area is 562 Å². The number of methoxy groups -OCH3 is 2. The molecular formula is C70H111N11O14. The standard InChI is InChI=1S/C70H111N11O14/c1-15-45(9)61(54(94-13)41-57(84)80-37-24-28-53(80)62(95-14)46(10)63(85)75-52(69(91)92)39-48-25-19-17-20-26-48)79(12)68(90)59(43(5)6)77-66(88)60(44(7)8)78(11)38-34-47-30-32-50(33-31-47)73-64(86)51(27-23-35-72-70(71)93)74-65(87)58(42(3)4)76-55(82)29-21-18-22-36-81-56(83)40-49(16-2)67(81)89/h17,19-20,25-26,30-33,42-46,49,51-54,58-62H,15-16,18,21-24,27-29,34-41H2,1-14H3,(H,73,86)(H,74,87)(H,75,85)(H,76,82)(H,77,88)(H,91,92)(H3,71,72,93)/t45-,46+,49?,51-,52-,53-,54+,58-,59-,60-,61-,62+/m0/s1. The molecule has 12 atom stereocenters. The number of primary amides is 1. The monoisotopic (exact) mass is 1330 g/mol. The van der Waals surface area contributed by atoms with Gasteiger partial charge in [0.25, 0.3) is 0 Å². The minimum atomic E-state index is -1.18. The first-order chi connectivity index (χ1) is 45.0. The van der Waals surface area contributed by atoms with Crippen LogP contribution in [0.15, 0.2) is 54.6 Å². The van der Waals surface area contributed by atoms with Gasteiger partial charge in [-0.05, 0) is 105 Å². The molecule has 530 valence electrons. The zero-order chi connectivity index (χ0) is 70.8. The third kappa shape index (κ3) is 24.0. The number of nitrogens with one attached hydrogen (secondary N) is 6. The lowest BCUT2D eigenvalue weighted by molar-refractivity contribution is -0.148. The number of likely N-dealkylation sites (tertiary alicyclic amines) is 2. The number of aliphatic carboxylic acids is 1. The lowest BCUT2D eigenvalue weighted by atomic mass is 9.89. The van der Waals surface area contributed by atoms with Gasteiger partial charge < -0.3 is 62.0 Å². The number of ether oxygens (including phenoxy) is 2. The zero-order valence-electron chi connectivity index (χ0n) is 58.7. The molecule has 2 saturated heterocycles. The van der Waals surface area contributed by atoms with Crippen LogP contribution >= 0.6 is 0 Å². The van der Waals surface area contributed by atoms with Crippen LogP contribution in [0.3, 0.4) is 0 Å². The normalized spacial score (nSPS) is 18.1. The van der Waals surface area contributed by atoms with Crippen LogP contribution in [0.5, 0.6) is 0 Å². The third-order valence-corrected chi connectivity index (χ3v) is 18.7. The summed E-state index contributed by atoms with van der Waals surface area (Å²) in [7, 11) is 6.52. The molecule has 2 aromatic carbocycles. The number of hydrogen-bond acceptors (Lipinski definition) is 14. The Morgan fingerprint density at radius 2 is 1.38 bits per heavy atom. The van der Waals surface area contributed by atoms with Crippen LogP contribution in [0.1, 0.15) is 157 Å². The molecule has 2 heterocycles. The fourth-order valence-corrected chi connectivity index (χ4v) is 12.9. The topological polar surface area (TPSA) is 338 Å². The van der Waals surface area contributed by atoms with E-state index in [2.05, 4.69) is 31.9 Å². The predicted molar refractivity (Wildman–Crippen MR) is 362 cm³/mol. The number of carboxylic acids is 1. The SMILES string of the molecule is CCC1CC(=O)N(CCCCCC(=O)N[C@H](C(=O)N[C@@H](CCCNC(N)=O)C(=O)Nc2ccc(CCN(C)[C@H](C(=O)N[C@H](C(=O)N(C)[C@@H]([C@@H](C)CC)[C@@H](CC(=O)N3CCC[C@H]3[C@H](OC)[C@@H](C)C(=O)N[C@@H](Cc3ccccc3)C(=O)O)OC)C(C)C)C(C)C)cc2)C(C)C)C1=O. The summed E-state index contributed by atoms with van der Waals surface area (Å²) in [5.74, 6) is -6.43. The molecule has 2 fully saturated rings. The van der Waals surface area contributed by atoms with Crippen LogP contribution in [0, 0.1) is 35.5 Å². The summed E-state index contributed by atoms with van der Waals surface area (Å²) in [5, 5.41) is 26.8. The molecule has 25 nitrogen and oxygen atoms in total. The number of nitrogens with two attached hydrogens (primary N) is 1. The van der Waals surface area contributed by atoms with Crippen molar-refractivity contribution in [3.05, 3.63) is 65.7 Å². The maximum Gasteiger partial charge on any atom is 0.326 e. The zero-order valence-corrected chi connectivity index (χ0v) is 58.7. The van der Waals surface area contributed by atoms with E-state index in [0.717, 1.165) is 11.1 Å². The largest absolute Gasteiger partial charge is 0.480 e. The molecule has 2 aliphatic heterocycles. The van der Waals surface area contributed by atoms with Gasteiger partial charge in [-0.1, -0.05) is 125 Å². The quantitative estimate of drug-likeness (QED) is 0.0305. The molecule has 0 aliphatic carbocycles. The summed E-state index contributed by atoms with van der Waals surface area (Å²) in [6.45, 7) is 20.0. The van der Waals surface area contributed by atoms with Gasteiger partial charge in [0.1, 0.15) is 24.2 Å². The maximum atomic E-state index is 14.9. The van der Waals surface area contributed by atoms with Crippen molar-refractivity contribution in [3.63, 3.8) is 0 Å². The number of rotatable bonds is 41. The first-order valence-electron chi connectivity index (χ1n) is 34.1. The number of carbonyl (C=O) groups excluding carboxylic acids is 10. The van der Waals surface area contributed by atoms with E-state index in [1.54, 1.807) is 74.0 Å². The van der Waals surface area contributed by atoms with Crippen molar-refractivity contribution in [2.24, 2.45) is 41.2 Å². The molecule has 2 aromatic rings. The van der Waals surface area contributed by atoms with Crippen molar-refractivity contribution in [2.75, 3.05) is 59.8 Å². The second-order valence-corrected chi connectivity index (χ2v) is 26.8. The molecule has 0 spiro atoms. The Morgan fingerprint density at radius 3 is 1.95 bits per heavy atom. The molecule has 25 heteroatoms. The average molecular weight is 1330 g/mol. The molecular weight excluding hydrogens is 1220 g/mol. The van der Waals surface area contributed by atoms with Crippen molar-refractivity contribution in [1.29, 1.82) is 0 Å². The number of nitrogens with zero attached hydrogens (tertiary/aromatic N) is 4. The summed E-state index contributed by atoms with van der Waals surface area (Å²) in [5.41, 5.74) is 7.38. The van der Waals surface area contributed by atoms with Gasteiger partial charge in [-0.25, -0.2) is 9.59 Å². The number of anilines is 1. The molecule has 0 bridgehead atoms. The second-order valence-electron chi connectivity index (χ2n) is 26.8. The van der Waals surface area contributed by atoms with E-state index >= 15 is 0 Å². The molecule has 95 heavy (non-hydrogen) atoms. The van der Waals surface area contributed by atoms with Crippen molar-refractivity contribution < 1.29 is 67.3 Å². The van der Waals surface area contributed by atoms with Crippen LogP contribution in [-0.4, -0.2) is 199 Å². The fourth-order valence-electron chi connectivity index (χ4n) is 12.9. The number of likely N-dealkylation sites (N-methyl/N-ethyl adjacent to an activating group) is 2. The number of hydrogen-bond donors (Lipinski definition) is 8. The van der Waals surface area contributed by atoms with Crippen LogP contribution in [0.4, 0.5) is 10.5 Å². The Morgan fingerprint density at radius 1 is 0.726 bits per heavy atom. The van der Waals surface area contributed by atoms with Gasteiger partial charge in [-0.15, -0.1) is 0 Å². The highest BCUT2D eigenvalue weighted by atomic mass is 16.5. The Bertz CT molecular complexity index is 2860. The van der Waals surface area contributed by atoms with Crippen molar-refractivity contribution in [2.45, 2.75) is 214 Å². The molecule has 9 N–H and O–H groups in total. The minimum absolute atomic E-state index is 0.0893. The minimum Gasteiger partial charge on any atom is -0.480 e. The van der Waals surface area contributed by atoms with Crippen LogP contribution in [0.25, 0.3) is 0 Å². The second kappa shape index (κ2) is 39.5. The molecule has 0 saturated carbocycles. The van der Waals surface area contributed by atoms with Crippen LogP contribution < -0.4 is 37.6 Å². The first kappa shape index (κ1) is 79.9. The maximum absolute atomic E-state index is 14.9. The van der Waals surface area contributed by atoms with E-state index in [1.807, 2.05) is 78.6 Å². The van der Waals surface area contributed by atoms with Gasteiger partial charge in [0.15, 0.2) is 0 Å². The summed E-state index contributed by atoms with van der Waals surface area (Å²) < 4.78 is 12.0. The molecule has 0 aromatic heterocycles. The highest BCUT2D eigenvalue weighted by Crippen LogP contribution is 2.31. The first-order valence-corrected chi connectivity index (χ1v) is 34.1.